The Balaban J connectivity index is 2.34. The molecule has 2 nitrogen and oxygen atoms in total. The van der Waals surface area contributed by atoms with Gasteiger partial charge in [0.05, 0.1) is 6.54 Å². The quantitative estimate of drug-likeness (QED) is 0.751. The summed E-state index contributed by atoms with van der Waals surface area (Å²) in [6.07, 6.45) is 2.03. The predicted octanol–water partition coefficient (Wildman–Crippen LogP) is 1.57. The molecule has 1 fully saturated rings. The van der Waals surface area contributed by atoms with Crippen LogP contribution in [0.2, 0.25) is 0 Å². The third kappa shape index (κ3) is 3.88. The maximum atomic E-state index is 13.3. The molecule has 1 rings (SSSR count). The second-order valence-electron chi connectivity index (χ2n) is 4.36. The van der Waals surface area contributed by atoms with Crippen LogP contribution in [0.4, 0.5) is 8.78 Å². The molecule has 0 aromatic carbocycles. The van der Waals surface area contributed by atoms with Crippen LogP contribution >= 0.6 is 0 Å². The number of nitrogens with zero attached hydrogens (tertiary/aromatic N) is 1. The molecule has 84 valence electrons. The van der Waals surface area contributed by atoms with Crippen LogP contribution in [0.5, 0.6) is 0 Å². The summed E-state index contributed by atoms with van der Waals surface area (Å²) in [6.45, 7) is 1.67. The molecule has 1 saturated heterocycles. The molecule has 1 heterocycles. The van der Waals surface area contributed by atoms with Crippen LogP contribution < -0.4 is 5.32 Å². The smallest absolute Gasteiger partial charge is 0.260 e. The molecule has 0 amide bonds. The van der Waals surface area contributed by atoms with Crippen LogP contribution in [-0.2, 0) is 0 Å². The number of alkyl halides is 2. The van der Waals surface area contributed by atoms with E-state index in [1.54, 1.807) is 7.05 Å². The summed E-state index contributed by atoms with van der Waals surface area (Å²) in [4.78, 5) is 2.14. The van der Waals surface area contributed by atoms with Gasteiger partial charge in [-0.3, -0.25) is 0 Å². The molecule has 0 spiro atoms. The summed E-state index contributed by atoms with van der Waals surface area (Å²) in [6, 6.07) is 0. The number of nitrogens with one attached hydrogen (secondary N) is 1. The Bertz CT molecular complexity index is 174. The summed E-state index contributed by atoms with van der Waals surface area (Å²) >= 11 is 0. The molecule has 4 heteroatoms. The molecular formula is C10H20F2N2. The first-order valence-corrected chi connectivity index (χ1v) is 5.24. The van der Waals surface area contributed by atoms with E-state index in [9.17, 15) is 8.78 Å². The minimum Gasteiger partial charge on any atom is -0.314 e. The molecule has 0 radical (unpaired) electrons. The molecule has 0 aromatic rings. The second kappa shape index (κ2) is 5.03. The largest absolute Gasteiger partial charge is 0.314 e. The lowest BCUT2D eigenvalue weighted by Gasteiger charge is -2.31. The number of hydrogen-bond donors (Lipinski definition) is 1. The Morgan fingerprint density at radius 3 is 2.79 bits per heavy atom. The van der Waals surface area contributed by atoms with E-state index in [-0.39, 0.29) is 18.9 Å². The summed E-state index contributed by atoms with van der Waals surface area (Å²) in [5.41, 5.74) is 0. The van der Waals surface area contributed by atoms with E-state index in [4.69, 9.17) is 0 Å². The van der Waals surface area contributed by atoms with Crippen molar-refractivity contribution in [1.29, 1.82) is 0 Å². The van der Waals surface area contributed by atoms with Crippen LogP contribution in [0.3, 0.4) is 0 Å². The van der Waals surface area contributed by atoms with Crippen molar-refractivity contribution in [3.05, 3.63) is 0 Å². The van der Waals surface area contributed by atoms with Crippen LogP contribution in [0.1, 0.15) is 19.3 Å². The van der Waals surface area contributed by atoms with Crippen LogP contribution in [0, 0.1) is 5.92 Å². The lowest BCUT2D eigenvalue weighted by molar-refractivity contribution is -0.0285. The van der Waals surface area contributed by atoms with Gasteiger partial charge in [-0.25, -0.2) is 8.78 Å². The van der Waals surface area contributed by atoms with E-state index in [2.05, 4.69) is 10.2 Å². The van der Waals surface area contributed by atoms with Gasteiger partial charge in [-0.15, -0.1) is 0 Å². The van der Waals surface area contributed by atoms with Crippen LogP contribution in [-0.4, -0.2) is 44.6 Å². The zero-order valence-corrected chi connectivity index (χ0v) is 9.02. The van der Waals surface area contributed by atoms with Crippen molar-refractivity contribution in [1.82, 2.24) is 10.2 Å². The average Bonchev–Trinajstić information content (AvgIpc) is 2.02. The molecule has 0 bridgehead atoms. The Morgan fingerprint density at radius 2 is 2.21 bits per heavy atom. The lowest BCUT2D eigenvalue weighted by Crippen LogP contribution is -2.38. The first-order valence-electron chi connectivity index (χ1n) is 5.24. The maximum absolute atomic E-state index is 13.3. The molecule has 0 saturated carbocycles. The van der Waals surface area contributed by atoms with Gasteiger partial charge in [0.15, 0.2) is 0 Å². The number of hydrogen-bond acceptors (Lipinski definition) is 2. The van der Waals surface area contributed by atoms with Crippen molar-refractivity contribution < 1.29 is 8.78 Å². The molecule has 1 aliphatic heterocycles. The Hall–Kier alpha value is -0.220. The van der Waals surface area contributed by atoms with Crippen molar-refractivity contribution >= 4 is 0 Å². The molecule has 1 aliphatic rings. The minimum absolute atomic E-state index is 0.0260. The fraction of sp³-hybridized carbons (Fsp3) is 1.00. The highest BCUT2D eigenvalue weighted by atomic mass is 19.3. The molecule has 1 unspecified atom stereocenters. The molecule has 1 atom stereocenters. The van der Waals surface area contributed by atoms with Gasteiger partial charge >= 0.3 is 0 Å². The van der Waals surface area contributed by atoms with Gasteiger partial charge in [-0.05, 0) is 39.4 Å². The maximum Gasteiger partial charge on any atom is 0.260 e. The van der Waals surface area contributed by atoms with E-state index < -0.39 is 5.92 Å². The first kappa shape index (κ1) is 11.9. The van der Waals surface area contributed by atoms with Crippen molar-refractivity contribution in [3.63, 3.8) is 0 Å². The van der Waals surface area contributed by atoms with Gasteiger partial charge in [0, 0.05) is 13.0 Å². The fourth-order valence-electron chi connectivity index (χ4n) is 2.19. The Morgan fingerprint density at radius 1 is 1.50 bits per heavy atom. The van der Waals surface area contributed by atoms with E-state index in [1.165, 1.54) is 0 Å². The normalized spacial score (nSPS) is 25.3. The van der Waals surface area contributed by atoms with Crippen molar-refractivity contribution in [2.24, 2.45) is 5.92 Å². The topological polar surface area (TPSA) is 15.3 Å². The van der Waals surface area contributed by atoms with Crippen LogP contribution in [0.25, 0.3) is 0 Å². The molecule has 0 aromatic heterocycles. The third-order valence-electron chi connectivity index (χ3n) is 2.74. The van der Waals surface area contributed by atoms with Gasteiger partial charge in [0.1, 0.15) is 0 Å². The van der Waals surface area contributed by atoms with Gasteiger partial charge < -0.3 is 10.2 Å². The Kier molecular flexibility index (Phi) is 4.26. The summed E-state index contributed by atoms with van der Waals surface area (Å²) in [5, 5.41) is 2.55. The number of halogens is 2. The van der Waals surface area contributed by atoms with Crippen LogP contribution in [0.15, 0.2) is 0 Å². The number of rotatable bonds is 4. The predicted molar refractivity (Wildman–Crippen MR) is 53.7 cm³/mol. The minimum atomic E-state index is -2.54. The van der Waals surface area contributed by atoms with E-state index in [0.29, 0.717) is 0 Å². The third-order valence-corrected chi connectivity index (χ3v) is 2.74. The van der Waals surface area contributed by atoms with Gasteiger partial charge in [-0.1, -0.05) is 0 Å². The number of piperidine rings is 1. The van der Waals surface area contributed by atoms with Gasteiger partial charge in [0.2, 0.25) is 0 Å². The van der Waals surface area contributed by atoms with E-state index >= 15 is 0 Å². The monoisotopic (exact) mass is 206 g/mol. The van der Waals surface area contributed by atoms with E-state index in [1.807, 2.05) is 7.05 Å². The highest BCUT2D eigenvalue weighted by Gasteiger charge is 2.33. The zero-order chi connectivity index (χ0) is 10.6. The van der Waals surface area contributed by atoms with Crippen molar-refractivity contribution in [2.75, 3.05) is 33.7 Å². The second-order valence-corrected chi connectivity index (χ2v) is 4.36. The first-order chi connectivity index (χ1) is 6.53. The molecule has 0 aliphatic carbocycles. The SMILES string of the molecule is CNCC(F)(F)CC1CCCN(C)C1. The van der Waals surface area contributed by atoms with Crippen molar-refractivity contribution in [2.45, 2.75) is 25.2 Å². The molecule has 14 heavy (non-hydrogen) atoms. The highest BCUT2D eigenvalue weighted by molar-refractivity contribution is 4.78. The lowest BCUT2D eigenvalue weighted by atomic mass is 9.92. The summed E-state index contributed by atoms with van der Waals surface area (Å²) < 4.78 is 26.5. The summed E-state index contributed by atoms with van der Waals surface area (Å²) in [5.74, 6) is -2.38. The van der Waals surface area contributed by atoms with Gasteiger partial charge in [0.25, 0.3) is 5.92 Å². The highest BCUT2D eigenvalue weighted by Crippen LogP contribution is 2.28. The van der Waals surface area contributed by atoms with E-state index in [0.717, 1.165) is 25.9 Å². The van der Waals surface area contributed by atoms with Crippen molar-refractivity contribution in [3.8, 4) is 0 Å². The number of likely N-dealkylation sites (tertiary alicyclic amines) is 1. The molecule has 1 N–H and O–H groups in total. The Labute approximate surface area is 84.7 Å². The zero-order valence-electron chi connectivity index (χ0n) is 9.02. The van der Waals surface area contributed by atoms with Gasteiger partial charge in [-0.2, -0.15) is 0 Å². The molecular weight excluding hydrogens is 186 g/mol. The standard InChI is InChI=1S/C10H20F2N2/c1-13-8-10(11,12)6-9-4-3-5-14(2)7-9/h9,13H,3-8H2,1-2H3. The summed E-state index contributed by atoms with van der Waals surface area (Å²) in [7, 11) is 3.57. The average molecular weight is 206 g/mol. The fourth-order valence-corrected chi connectivity index (χ4v) is 2.19.